The highest BCUT2D eigenvalue weighted by atomic mass is 35.5. The lowest BCUT2D eigenvalue weighted by Crippen LogP contribution is -2.31. The summed E-state index contributed by atoms with van der Waals surface area (Å²) < 4.78 is 17.0. The van der Waals surface area contributed by atoms with Gasteiger partial charge in [0, 0.05) is 48.3 Å². The van der Waals surface area contributed by atoms with Crippen LogP contribution in [0.1, 0.15) is 55.5 Å². The van der Waals surface area contributed by atoms with Crippen LogP contribution in [-0.4, -0.2) is 87.3 Å². The Morgan fingerprint density at radius 3 is 2.47 bits per heavy atom. The predicted octanol–water partition coefficient (Wildman–Crippen LogP) is 6.94. The van der Waals surface area contributed by atoms with Crippen molar-refractivity contribution < 1.29 is 23.8 Å². The maximum Gasteiger partial charge on any atom is 0.407 e. The molecule has 1 N–H and O–H groups in total. The van der Waals surface area contributed by atoms with E-state index in [1.807, 2.05) is 13.1 Å². The summed E-state index contributed by atoms with van der Waals surface area (Å²) in [6.45, 7) is 7.93. The van der Waals surface area contributed by atoms with Crippen LogP contribution in [0.2, 0.25) is 0 Å². The highest BCUT2D eigenvalue weighted by molar-refractivity contribution is 8.26. The number of carbonyl (C=O) groups is 2. The largest absolute Gasteiger partial charge is 0.448 e. The summed E-state index contributed by atoms with van der Waals surface area (Å²) in [4.78, 5) is 32.4. The molecule has 0 unspecified atom stereocenters. The van der Waals surface area contributed by atoms with E-state index in [2.05, 4.69) is 36.2 Å². The number of hydrogen-bond acceptors (Lipinski definition) is 10. The molecule has 8 nitrogen and oxygen atoms in total. The Hall–Kier alpha value is -1.67. The lowest BCUT2D eigenvalue weighted by molar-refractivity contribution is -0.121. The number of nitrogens with one attached hydrogen (secondary N) is 1. The number of thiophene rings is 2. The number of hydrogen-bond donors (Lipinski definition) is 1. The van der Waals surface area contributed by atoms with Crippen molar-refractivity contribution in [1.29, 1.82) is 0 Å². The van der Waals surface area contributed by atoms with Gasteiger partial charge in [0.2, 0.25) is 0 Å². The van der Waals surface area contributed by atoms with E-state index in [-0.39, 0.29) is 17.9 Å². The summed E-state index contributed by atoms with van der Waals surface area (Å²) in [5.74, 6) is 0.676. The second-order valence-electron chi connectivity index (χ2n) is 10.9. The number of unbranched alkanes of at least 4 members (excludes halogenated alkanes) is 3. The number of halogens is 1. The van der Waals surface area contributed by atoms with Gasteiger partial charge in [0.15, 0.2) is 0 Å². The fourth-order valence-corrected chi connectivity index (χ4v) is 8.93. The molecule has 13 heteroatoms. The van der Waals surface area contributed by atoms with Crippen LogP contribution >= 0.6 is 58.3 Å². The maximum atomic E-state index is 12.5. The van der Waals surface area contributed by atoms with E-state index in [0.29, 0.717) is 42.1 Å². The zero-order valence-corrected chi connectivity index (χ0v) is 29.2. The molecule has 0 radical (unpaired) electrons. The fourth-order valence-electron chi connectivity index (χ4n) is 4.77. The zero-order valence-electron chi connectivity index (χ0n) is 25.2. The molecule has 0 atom stereocenters. The Morgan fingerprint density at radius 2 is 1.74 bits per heavy atom. The lowest BCUT2D eigenvalue weighted by atomic mass is 9.84. The highest BCUT2D eigenvalue weighted by Gasteiger charge is 2.40. The molecule has 2 aromatic heterocycles. The van der Waals surface area contributed by atoms with Crippen LogP contribution in [0.25, 0.3) is 15.8 Å². The normalized spacial score (nSPS) is 16.2. The van der Waals surface area contributed by atoms with E-state index in [0.717, 1.165) is 48.0 Å². The molecule has 236 valence electrons. The van der Waals surface area contributed by atoms with Crippen LogP contribution < -0.4 is 10.2 Å². The number of carbonyl (C=O) groups excluding carboxylic acids is 2. The Balaban J connectivity index is 1.17. The van der Waals surface area contributed by atoms with E-state index in [1.54, 1.807) is 29.7 Å². The minimum absolute atomic E-state index is 0.0472. The zero-order chi connectivity index (χ0) is 31.0. The average Bonchev–Trinajstić information content (AvgIpc) is 3.70. The number of nitrogens with zero attached hydrogens (tertiary/aromatic N) is 2. The minimum atomic E-state index is -0.448. The molecule has 3 heterocycles. The Bertz CT molecular complexity index is 1320. The highest BCUT2D eigenvalue weighted by Crippen LogP contribution is 2.57. The Kier molecular flexibility index (Phi) is 12.8. The van der Waals surface area contributed by atoms with Crippen LogP contribution in [0.3, 0.4) is 0 Å². The van der Waals surface area contributed by atoms with Gasteiger partial charge in [0.1, 0.15) is 10.9 Å². The number of alkyl carbamates (subject to hydrolysis) is 1. The topological polar surface area (TPSA) is 80.3 Å². The van der Waals surface area contributed by atoms with E-state index < -0.39 is 6.09 Å². The van der Waals surface area contributed by atoms with Crippen LogP contribution in [0.5, 0.6) is 0 Å². The van der Waals surface area contributed by atoms with Gasteiger partial charge < -0.3 is 24.4 Å². The predicted molar refractivity (Wildman–Crippen MR) is 184 cm³/mol. The van der Waals surface area contributed by atoms with Crippen LogP contribution in [0.4, 0.5) is 9.80 Å². The number of likely N-dealkylation sites (N-methyl/N-ethyl adjacent to an activating group) is 2. The first-order valence-electron chi connectivity index (χ1n) is 14.5. The van der Waals surface area contributed by atoms with E-state index in [4.69, 9.17) is 38.0 Å². The number of thiocarbonyl (C=S) groups is 1. The maximum absolute atomic E-state index is 12.5. The molecule has 0 aromatic carbocycles. The SMILES string of the molecule is CN1C(=O)/C(=C\c2cc3c(s2)-c2sc(N(C)CCOC(=O)NCCOCCOCCCCCCCl)cc2C3(C)C)SC1=S. The first kappa shape index (κ1) is 34.2. The van der Waals surface area contributed by atoms with Crippen LogP contribution in [0, 0.1) is 0 Å². The number of amides is 2. The average molecular weight is 686 g/mol. The second-order valence-corrected chi connectivity index (χ2v) is 15.1. The van der Waals surface area contributed by atoms with Gasteiger partial charge in [-0.1, -0.05) is 50.7 Å². The standard InChI is InChI=1S/C30H40ClN3O5S4/c1-30(2)21-17-20(18-23-27(35)34(4)29(40)42-23)41-25(21)26-22(30)19-24(43-26)33(3)11-14-39-28(36)32-10-13-38-16-15-37-12-8-6-5-7-9-31/h17-19H,5-16H2,1-4H3,(H,32,36)/b23-18+. The molecule has 0 spiro atoms. The van der Waals surface area contributed by atoms with Crippen molar-refractivity contribution >= 4 is 85.7 Å². The van der Waals surface area contributed by atoms with Crippen LogP contribution in [0.15, 0.2) is 17.0 Å². The fraction of sp³-hybridized carbons (Fsp3) is 0.567. The molecule has 2 amide bonds. The third-order valence-corrected chi connectivity index (χ3v) is 11.6. The molecule has 1 aliphatic heterocycles. The molecule has 43 heavy (non-hydrogen) atoms. The molecule has 2 aliphatic rings. The lowest BCUT2D eigenvalue weighted by Gasteiger charge is -2.20. The first-order chi connectivity index (χ1) is 20.6. The molecule has 0 saturated carbocycles. The quantitative estimate of drug-likeness (QED) is 0.0831. The number of thioether (sulfide) groups is 1. The molecule has 1 fully saturated rings. The Labute approximate surface area is 277 Å². The van der Waals surface area contributed by atoms with Crippen molar-refractivity contribution in [2.45, 2.75) is 44.9 Å². The summed E-state index contributed by atoms with van der Waals surface area (Å²) in [6, 6.07) is 4.45. The van der Waals surface area contributed by atoms with Gasteiger partial charge in [-0.25, -0.2) is 4.79 Å². The van der Waals surface area contributed by atoms with Gasteiger partial charge in [0.25, 0.3) is 5.91 Å². The number of fused-ring (bicyclic) bond motifs is 3. The van der Waals surface area contributed by atoms with Gasteiger partial charge in [-0.3, -0.25) is 9.69 Å². The smallest absolute Gasteiger partial charge is 0.407 e. The summed E-state index contributed by atoms with van der Waals surface area (Å²) >= 11 is 15.8. The summed E-state index contributed by atoms with van der Waals surface area (Å²) in [6.07, 6.45) is 5.89. The Morgan fingerprint density at radius 1 is 1.05 bits per heavy atom. The minimum Gasteiger partial charge on any atom is -0.448 e. The molecular formula is C30H40ClN3O5S4. The van der Waals surface area contributed by atoms with Gasteiger partial charge in [-0.2, -0.15) is 0 Å². The van der Waals surface area contributed by atoms with E-state index in [1.165, 1.54) is 37.5 Å². The van der Waals surface area contributed by atoms with Crippen molar-refractivity contribution in [3.8, 4) is 9.75 Å². The number of rotatable bonds is 17. The molecular weight excluding hydrogens is 646 g/mol. The van der Waals surface area contributed by atoms with E-state index in [9.17, 15) is 9.59 Å². The molecule has 1 aliphatic carbocycles. The van der Waals surface area contributed by atoms with Crippen LogP contribution in [-0.2, 0) is 24.4 Å². The van der Waals surface area contributed by atoms with Gasteiger partial charge in [-0.05, 0) is 42.2 Å². The van der Waals surface area contributed by atoms with Gasteiger partial charge in [0.05, 0.1) is 41.1 Å². The number of anilines is 1. The van der Waals surface area contributed by atoms with Crippen molar-refractivity contribution in [2.75, 3.05) is 71.0 Å². The van der Waals surface area contributed by atoms with Gasteiger partial charge in [-0.15, -0.1) is 34.3 Å². The van der Waals surface area contributed by atoms with E-state index >= 15 is 0 Å². The molecule has 2 aromatic rings. The first-order valence-corrected chi connectivity index (χ1v) is 17.9. The summed E-state index contributed by atoms with van der Waals surface area (Å²) in [5.41, 5.74) is 2.45. The number of alkyl halides is 1. The molecule has 1 saturated heterocycles. The van der Waals surface area contributed by atoms with Gasteiger partial charge >= 0.3 is 6.09 Å². The molecule has 4 rings (SSSR count). The second kappa shape index (κ2) is 16.1. The van der Waals surface area contributed by atoms with Crippen molar-refractivity contribution in [3.63, 3.8) is 0 Å². The monoisotopic (exact) mass is 685 g/mol. The summed E-state index contributed by atoms with van der Waals surface area (Å²) in [5, 5.41) is 3.85. The van der Waals surface area contributed by atoms with Crippen molar-refractivity contribution in [3.05, 3.63) is 33.0 Å². The summed E-state index contributed by atoms with van der Waals surface area (Å²) in [7, 11) is 3.73. The van der Waals surface area contributed by atoms with Crippen molar-refractivity contribution in [1.82, 2.24) is 10.2 Å². The third-order valence-electron chi connectivity index (χ3n) is 7.38. The van der Waals surface area contributed by atoms with Crippen molar-refractivity contribution in [2.24, 2.45) is 0 Å². The number of ether oxygens (including phenoxy) is 3. The third kappa shape index (κ3) is 8.74. The molecule has 0 bridgehead atoms.